The van der Waals surface area contributed by atoms with Crippen LogP contribution in [0, 0.1) is 0 Å². The molecule has 0 bridgehead atoms. The number of hydrogen-bond acceptors (Lipinski definition) is 8. The summed E-state index contributed by atoms with van der Waals surface area (Å²) in [6, 6.07) is 0. The number of carbonyl (C=O) groups is 2. The summed E-state index contributed by atoms with van der Waals surface area (Å²) >= 11 is 0. The molecule has 0 saturated heterocycles. The van der Waals surface area contributed by atoms with Crippen LogP contribution in [-0.2, 0) is 32.7 Å². The zero-order chi connectivity index (χ0) is 42.8. The lowest BCUT2D eigenvalue weighted by atomic mass is 10.1. The second-order valence-corrected chi connectivity index (χ2v) is 17.4. The average molecular weight is 834 g/mol. The van der Waals surface area contributed by atoms with Crippen molar-refractivity contribution in [2.45, 2.75) is 174 Å². The molecule has 0 saturated carbocycles. The molecule has 1 unspecified atom stereocenters. The molecule has 0 aliphatic heterocycles. The first kappa shape index (κ1) is 55.5. The van der Waals surface area contributed by atoms with Crippen LogP contribution in [0.4, 0.5) is 0 Å². The van der Waals surface area contributed by atoms with E-state index in [2.05, 4.69) is 86.8 Å². The number of phosphoric ester groups is 1. The zero-order valence-electron chi connectivity index (χ0n) is 37.5. The van der Waals surface area contributed by atoms with E-state index in [4.69, 9.17) is 18.5 Å². The van der Waals surface area contributed by atoms with E-state index in [1.54, 1.807) is 0 Å². The van der Waals surface area contributed by atoms with Crippen LogP contribution >= 0.6 is 7.82 Å². The average Bonchev–Trinajstić information content (AvgIpc) is 3.17. The van der Waals surface area contributed by atoms with Crippen LogP contribution in [0.1, 0.15) is 168 Å². The van der Waals surface area contributed by atoms with Crippen molar-refractivity contribution in [2.24, 2.45) is 0 Å². The summed E-state index contributed by atoms with van der Waals surface area (Å²) in [6.45, 7) is 4.02. The normalized spacial score (nSPS) is 14.2. The number of nitrogens with zero attached hydrogens (tertiary/aromatic N) is 1. The Kier molecular flexibility index (Phi) is 38.1. The molecule has 0 amide bonds. The Labute approximate surface area is 355 Å². The Morgan fingerprint density at radius 1 is 0.552 bits per heavy atom. The molecule has 0 aliphatic rings. The Bertz CT molecular complexity index is 1220. The molecular weight excluding hydrogens is 750 g/mol. The molecule has 10 heteroatoms. The third-order valence-electron chi connectivity index (χ3n) is 9.21. The quantitative estimate of drug-likeness (QED) is 0.0197. The fourth-order valence-corrected chi connectivity index (χ4v) is 6.40. The number of unbranched alkanes of at least 4 members (excludes halogenated alkanes) is 14. The molecule has 0 radical (unpaired) electrons. The van der Waals surface area contributed by atoms with E-state index < -0.39 is 32.5 Å². The lowest BCUT2D eigenvalue weighted by Gasteiger charge is -2.28. The second-order valence-electron chi connectivity index (χ2n) is 16.0. The summed E-state index contributed by atoms with van der Waals surface area (Å²) in [5, 5.41) is 0. The van der Waals surface area contributed by atoms with Crippen molar-refractivity contribution in [1.82, 2.24) is 0 Å². The minimum Gasteiger partial charge on any atom is -0.756 e. The Hall–Kier alpha value is -2.55. The molecule has 0 aromatic carbocycles. The smallest absolute Gasteiger partial charge is 0.306 e. The molecule has 0 aromatic rings. The fraction of sp³-hybridized carbons (Fsp3) is 0.708. The van der Waals surface area contributed by atoms with Gasteiger partial charge in [-0.2, -0.15) is 0 Å². The van der Waals surface area contributed by atoms with Crippen molar-refractivity contribution < 1.29 is 42.1 Å². The van der Waals surface area contributed by atoms with Gasteiger partial charge in [0, 0.05) is 12.8 Å². The van der Waals surface area contributed by atoms with Gasteiger partial charge in [-0.3, -0.25) is 14.2 Å². The highest BCUT2D eigenvalue weighted by Crippen LogP contribution is 2.38. The van der Waals surface area contributed by atoms with Gasteiger partial charge in [0.05, 0.1) is 27.7 Å². The van der Waals surface area contributed by atoms with Crippen molar-refractivity contribution in [3.8, 4) is 0 Å². The van der Waals surface area contributed by atoms with Gasteiger partial charge in [-0.05, 0) is 83.5 Å². The lowest BCUT2D eigenvalue weighted by molar-refractivity contribution is -0.870. The highest BCUT2D eigenvalue weighted by molar-refractivity contribution is 7.45. The molecule has 0 aliphatic carbocycles. The van der Waals surface area contributed by atoms with Gasteiger partial charge >= 0.3 is 11.9 Å². The SMILES string of the molecule is CC/C=C\C/C=C\C/C=C\C/C=C\CCCCC(=O)OC[C@H](COP(=O)([O-])OCC[N+](C)(C)C)OC(=O)CCCCCCCCCCC/C=C\C/C=C\CCCCC. The van der Waals surface area contributed by atoms with E-state index >= 15 is 0 Å². The van der Waals surface area contributed by atoms with Crippen molar-refractivity contribution in [1.29, 1.82) is 0 Å². The fourth-order valence-electron chi connectivity index (χ4n) is 5.67. The van der Waals surface area contributed by atoms with Gasteiger partial charge < -0.3 is 27.9 Å². The monoisotopic (exact) mass is 834 g/mol. The van der Waals surface area contributed by atoms with E-state index in [-0.39, 0.29) is 26.1 Å². The van der Waals surface area contributed by atoms with Gasteiger partial charge in [0.15, 0.2) is 6.10 Å². The molecule has 0 fully saturated rings. The van der Waals surface area contributed by atoms with Crippen molar-refractivity contribution >= 4 is 19.8 Å². The first-order chi connectivity index (χ1) is 28.0. The molecule has 0 spiro atoms. The Morgan fingerprint density at radius 3 is 1.50 bits per heavy atom. The molecule has 334 valence electrons. The first-order valence-electron chi connectivity index (χ1n) is 22.6. The predicted octanol–water partition coefficient (Wildman–Crippen LogP) is 12.4. The molecule has 0 N–H and O–H groups in total. The highest BCUT2D eigenvalue weighted by Gasteiger charge is 2.21. The van der Waals surface area contributed by atoms with E-state index in [0.29, 0.717) is 23.9 Å². The van der Waals surface area contributed by atoms with Gasteiger partial charge in [0.25, 0.3) is 7.82 Å². The topological polar surface area (TPSA) is 111 Å². The van der Waals surface area contributed by atoms with Crippen LogP contribution in [0.5, 0.6) is 0 Å². The summed E-state index contributed by atoms with van der Waals surface area (Å²) in [6.07, 6.45) is 49.3. The van der Waals surface area contributed by atoms with E-state index in [9.17, 15) is 19.0 Å². The maximum Gasteiger partial charge on any atom is 0.306 e. The molecule has 58 heavy (non-hydrogen) atoms. The number of hydrogen-bond donors (Lipinski definition) is 0. The summed E-state index contributed by atoms with van der Waals surface area (Å²) < 4.78 is 33.9. The first-order valence-corrected chi connectivity index (χ1v) is 24.1. The number of allylic oxidation sites excluding steroid dienone is 12. The molecule has 0 aromatic heterocycles. The Morgan fingerprint density at radius 2 is 0.983 bits per heavy atom. The predicted molar refractivity (Wildman–Crippen MR) is 240 cm³/mol. The maximum atomic E-state index is 12.7. The van der Waals surface area contributed by atoms with Gasteiger partial charge in [-0.15, -0.1) is 0 Å². The number of esters is 2. The number of rotatable bonds is 40. The summed E-state index contributed by atoms with van der Waals surface area (Å²) in [5.41, 5.74) is 0. The van der Waals surface area contributed by atoms with Crippen LogP contribution < -0.4 is 4.89 Å². The van der Waals surface area contributed by atoms with E-state index in [1.165, 1.54) is 57.8 Å². The largest absolute Gasteiger partial charge is 0.756 e. The van der Waals surface area contributed by atoms with Crippen LogP contribution in [0.25, 0.3) is 0 Å². The van der Waals surface area contributed by atoms with E-state index in [0.717, 1.165) is 70.6 Å². The van der Waals surface area contributed by atoms with Crippen LogP contribution in [0.2, 0.25) is 0 Å². The van der Waals surface area contributed by atoms with Crippen molar-refractivity contribution in [3.05, 3.63) is 72.9 Å². The third kappa shape index (κ3) is 43.0. The maximum absolute atomic E-state index is 12.7. The van der Waals surface area contributed by atoms with Crippen LogP contribution in [0.15, 0.2) is 72.9 Å². The number of quaternary nitrogens is 1. The standard InChI is InChI=1S/C48H84NO8P/c1-6-8-10-12-14-16-18-20-22-23-24-25-27-29-31-33-35-37-39-41-48(51)57-46(45-56-58(52,53)55-43-42-49(3,4)5)44-54-47(50)40-38-36-34-32-30-28-26-21-19-17-15-13-11-9-7-2/h9,11,14-17,20-22,26,30,32,46H,6-8,10,12-13,18-19,23-25,27-29,31,33-45H2,1-5H3/b11-9-,16-14-,17-15-,22-20-,26-21-,32-30-/t46-/m1/s1. The number of carbonyl (C=O) groups excluding carboxylic acids is 2. The van der Waals surface area contributed by atoms with Gasteiger partial charge in [0.2, 0.25) is 0 Å². The minimum atomic E-state index is -4.64. The second kappa shape index (κ2) is 39.9. The molecule has 0 rings (SSSR count). The molecule has 0 heterocycles. The highest BCUT2D eigenvalue weighted by atomic mass is 31.2. The van der Waals surface area contributed by atoms with Crippen LogP contribution in [-0.4, -0.2) is 70.0 Å². The third-order valence-corrected chi connectivity index (χ3v) is 10.2. The summed E-state index contributed by atoms with van der Waals surface area (Å²) in [7, 11) is 1.13. The van der Waals surface area contributed by atoms with Crippen LogP contribution in [0.3, 0.4) is 0 Å². The van der Waals surface area contributed by atoms with Crippen molar-refractivity contribution in [2.75, 3.05) is 47.5 Å². The number of likely N-dealkylation sites (N-methyl/N-ethyl adjacent to an activating group) is 1. The summed E-state index contributed by atoms with van der Waals surface area (Å²) in [4.78, 5) is 37.6. The van der Waals surface area contributed by atoms with Crippen molar-refractivity contribution in [3.63, 3.8) is 0 Å². The zero-order valence-corrected chi connectivity index (χ0v) is 38.4. The van der Waals surface area contributed by atoms with Gasteiger partial charge in [-0.25, -0.2) is 0 Å². The minimum absolute atomic E-state index is 0.0419. The molecular formula is C48H84NO8P. The number of ether oxygens (including phenoxy) is 2. The van der Waals surface area contributed by atoms with Gasteiger partial charge in [-0.1, -0.05) is 145 Å². The summed E-state index contributed by atoms with van der Waals surface area (Å²) in [5.74, 6) is -0.893. The lowest BCUT2D eigenvalue weighted by Crippen LogP contribution is -2.37. The molecule has 2 atom stereocenters. The Balaban J connectivity index is 4.40. The van der Waals surface area contributed by atoms with E-state index in [1.807, 2.05) is 21.1 Å². The molecule has 9 nitrogen and oxygen atoms in total. The van der Waals surface area contributed by atoms with Gasteiger partial charge in [0.1, 0.15) is 19.8 Å². The number of phosphoric acid groups is 1.